The number of imidazole rings is 1. The molecular weight excluding hydrogens is 702 g/mol. The number of ether oxygens (including phenoxy) is 3. The van der Waals surface area contributed by atoms with E-state index < -0.39 is 43.5 Å². The first-order chi connectivity index (χ1) is 23.7. The molecule has 0 bridgehead atoms. The van der Waals surface area contributed by atoms with Crippen LogP contribution in [0.25, 0.3) is 22.3 Å². The van der Waals surface area contributed by atoms with E-state index in [-0.39, 0.29) is 57.9 Å². The highest BCUT2D eigenvalue weighted by molar-refractivity contribution is 7.46. The maximum Gasteiger partial charge on any atom is 0.472 e. The third-order valence-corrected chi connectivity index (χ3v) is 8.92. The van der Waals surface area contributed by atoms with Gasteiger partial charge in [0.05, 0.1) is 41.5 Å². The number of carbonyl (C=O) groups excluding carboxylic acids is 1. The van der Waals surface area contributed by atoms with Crippen LogP contribution in [0.2, 0.25) is 5.02 Å². The van der Waals surface area contributed by atoms with E-state index in [1.807, 2.05) is 18.4 Å². The van der Waals surface area contributed by atoms with E-state index in [1.54, 1.807) is 12.1 Å². The highest BCUT2D eigenvalue weighted by Gasteiger charge is 2.39. The summed E-state index contributed by atoms with van der Waals surface area (Å²) in [6.07, 6.45) is -0.122. The van der Waals surface area contributed by atoms with Crippen molar-refractivity contribution in [2.24, 2.45) is 5.41 Å². The summed E-state index contributed by atoms with van der Waals surface area (Å²) in [5, 5.41) is 0.239. The maximum absolute atomic E-state index is 15.8. The summed E-state index contributed by atoms with van der Waals surface area (Å²) in [4.78, 5) is 39.4. The fourth-order valence-electron chi connectivity index (χ4n) is 5.68. The summed E-state index contributed by atoms with van der Waals surface area (Å²) in [6.45, 7) is 3.56. The lowest BCUT2D eigenvalue weighted by Crippen LogP contribution is -2.27. The lowest BCUT2D eigenvalue weighted by atomic mass is 9.87. The number of fused-ring (bicyclic) bond motifs is 1. The van der Waals surface area contributed by atoms with Crippen LogP contribution in [0, 0.1) is 22.9 Å². The third kappa shape index (κ3) is 7.86. The fraction of sp³-hybridized carbons (Fsp3) is 0.265. The minimum Gasteiger partial charge on any atom is -0.473 e. The van der Waals surface area contributed by atoms with Gasteiger partial charge in [-0.05, 0) is 54.1 Å². The Bertz CT molecular complexity index is 2140. The zero-order valence-corrected chi connectivity index (χ0v) is 28.3. The second kappa shape index (κ2) is 14.1. The molecule has 2 aromatic heterocycles. The van der Waals surface area contributed by atoms with Gasteiger partial charge in [0, 0.05) is 34.1 Å². The van der Waals surface area contributed by atoms with Crippen LogP contribution in [0.5, 0.6) is 5.88 Å². The summed E-state index contributed by atoms with van der Waals surface area (Å²) >= 11 is 5.81. The number of aromatic nitrogens is 3. The number of hydrogen-bond acceptors (Lipinski definition) is 8. The summed E-state index contributed by atoms with van der Waals surface area (Å²) < 4.78 is 78.9. The average Bonchev–Trinajstić information content (AvgIpc) is 3.58. The molecule has 1 fully saturated rings. The van der Waals surface area contributed by atoms with E-state index >= 15 is 8.78 Å². The minimum atomic E-state index is -4.85. The molecule has 0 radical (unpaired) electrons. The molecule has 262 valence electrons. The number of halogens is 4. The predicted molar refractivity (Wildman–Crippen MR) is 175 cm³/mol. The summed E-state index contributed by atoms with van der Waals surface area (Å²) in [7, 11) is -4.85. The van der Waals surface area contributed by atoms with Crippen molar-refractivity contribution in [1.29, 1.82) is 0 Å². The van der Waals surface area contributed by atoms with E-state index in [9.17, 15) is 13.8 Å². The average molecular weight is 732 g/mol. The Hall–Kier alpha value is -4.30. The number of esters is 1. The molecular formula is C34H30ClF3N3O8P. The van der Waals surface area contributed by atoms with Crippen molar-refractivity contribution in [3.8, 4) is 17.1 Å². The van der Waals surface area contributed by atoms with E-state index in [1.165, 1.54) is 36.4 Å². The molecule has 16 heteroatoms. The quantitative estimate of drug-likeness (QED) is 0.0817. The van der Waals surface area contributed by atoms with Crippen molar-refractivity contribution >= 4 is 36.4 Å². The number of nitrogens with zero attached hydrogens (tertiary/aromatic N) is 3. The minimum absolute atomic E-state index is 0.0133. The zero-order valence-electron chi connectivity index (χ0n) is 26.6. The Labute approximate surface area is 288 Å². The van der Waals surface area contributed by atoms with Crippen LogP contribution in [0.1, 0.15) is 47.2 Å². The molecule has 0 spiro atoms. The molecule has 1 aliphatic rings. The molecule has 50 heavy (non-hydrogen) atoms. The lowest BCUT2D eigenvalue weighted by molar-refractivity contribution is 0.00651. The van der Waals surface area contributed by atoms with Gasteiger partial charge in [-0.15, -0.1) is 0 Å². The van der Waals surface area contributed by atoms with Gasteiger partial charge in [0.2, 0.25) is 12.7 Å². The first-order valence-corrected chi connectivity index (χ1v) is 17.1. The van der Waals surface area contributed by atoms with Crippen molar-refractivity contribution in [3.63, 3.8) is 0 Å². The fourth-order valence-corrected chi connectivity index (χ4v) is 6.03. The van der Waals surface area contributed by atoms with Gasteiger partial charge in [-0.3, -0.25) is 0 Å². The van der Waals surface area contributed by atoms with Gasteiger partial charge in [0.1, 0.15) is 29.9 Å². The monoisotopic (exact) mass is 731 g/mol. The topological polar surface area (TPSA) is 142 Å². The van der Waals surface area contributed by atoms with Crippen LogP contribution in [-0.2, 0) is 31.6 Å². The summed E-state index contributed by atoms with van der Waals surface area (Å²) in [5.41, 5.74) is 0.847. The number of rotatable bonds is 11. The van der Waals surface area contributed by atoms with Gasteiger partial charge >= 0.3 is 13.8 Å². The van der Waals surface area contributed by atoms with Crippen molar-refractivity contribution in [2.75, 3.05) is 20.0 Å². The molecule has 1 atom stereocenters. The SMILES string of the molecule is CC1(C)COC[C@H]1n1c(Cc2cc(F)c(-c3cccc(OCc4ccc(Cl)cc4F)n3)cc2F)nc2ccc(C(=O)OCOP(=O)(O)O)cc21. The lowest BCUT2D eigenvalue weighted by Gasteiger charge is -2.28. The molecule has 5 aromatic rings. The molecule has 1 saturated heterocycles. The molecule has 6 rings (SSSR count). The number of pyridine rings is 1. The number of hydrogen-bond donors (Lipinski definition) is 2. The summed E-state index contributed by atoms with van der Waals surface area (Å²) in [6, 6.07) is 15.0. The van der Waals surface area contributed by atoms with E-state index in [0.717, 1.165) is 18.2 Å². The normalized spacial score (nSPS) is 15.8. The van der Waals surface area contributed by atoms with E-state index in [4.69, 9.17) is 40.6 Å². The van der Waals surface area contributed by atoms with Gasteiger partial charge in [-0.25, -0.2) is 37.0 Å². The third-order valence-electron chi connectivity index (χ3n) is 8.25. The van der Waals surface area contributed by atoms with Crippen LogP contribution >= 0.6 is 19.4 Å². The molecule has 0 aliphatic carbocycles. The standard InChI is InChI=1S/C34H30ClF3N3O8P/c1-34(2)17-46-16-30(34)41-29-11-19(33(42)48-18-49-50(43,44)45)7-9-28(29)39-31(41)12-21-10-26(38)23(14-25(21)37)27-4-3-5-32(40-27)47-15-20-6-8-22(35)13-24(20)36/h3-11,13-14,30H,12,15-18H2,1-2H3,(H2,43,44,45)/t30-/m1/s1. The van der Waals surface area contributed by atoms with Crippen LogP contribution < -0.4 is 4.74 Å². The molecule has 3 aromatic carbocycles. The predicted octanol–water partition coefficient (Wildman–Crippen LogP) is 7.16. The molecule has 2 N–H and O–H groups in total. The molecule has 1 aliphatic heterocycles. The van der Waals surface area contributed by atoms with Gasteiger partial charge < -0.3 is 28.6 Å². The first-order valence-electron chi connectivity index (χ1n) is 15.2. The van der Waals surface area contributed by atoms with Crippen molar-refractivity contribution in [3.05, 3.63) is 112 Å². The molecule has 0 saturated carbocycles. The van der Waals surface area contributed by atoms with Gasteiger partial charge in [-0.1, -0.05) is 37.6 Å². The first kappa shape index (κ1) is 35.5. The van der Waals surface area contributed by atoms with Crippen molar-refractivity contribution in [2.45, 2.75) is 32.9 Å². The van der Waals surface area contributed by atoms with Crippen LogP contribution in [0.15, 0.2) is 66.7 Å². The Balaban J connectivity index is 1.29. The Morgan fingerprint density at radius 1 is 1.02 bits per heavy atom. The highest BCUT2D eigenvalue weighted by atomic mass is 35.5. The molecule has 11 nitrogen and oxygen atoms in total. The van der Waals surface area contributed by atoms with Crippen LogP contribution in [0.4, 0.5) is 13.2 Å². The Morgan fingerprint density at radius 3 is 2.52 bits per heavy atom. The second-order valence-electron chi connectivity index (χ2n) is 12.3. The number of phosphoric acid groups is 1. The molecule has 3 heterocycles. The van der Waals surface area contributed by atoms with E-state index in [2.05, 4.69) is 9.51 Å². The smallest absolute Gasteiger partial charge is 0.472 e. The summed E-state index contributed by atoms with van der Waals surface area (Å²) in [5.74, 6) is -2.46. The second-order valence-corrected chi connectivity index (χ2v) is 14.0. The van der Waals surface area contributed by atoms with Gasteiger partial charge in [-0.2, -0.15) is 0 Å². The van der Waals surface area contributed by atoms with E-state index in [0.29, 0.717) is 30.1 Å². The number of benzene rings is 3. The largest absolute Gasteiger partial charge is 0.473 e. The van der Waals surface area contributed by atoms with Crippen LogP contribution in [-0.4, -0.2) is 50.3 Å². The number of phosphoric ester groups is 1. The highest BCUT2D eigenvalue weighted by Crippen LogP contribution is 2.41. The maximum atomic E-state index is 15.8. The molecule has 0 amide bonds. The Morgan fingerprint density at radius 2 is 1.80 bits per heavy atom. The van der Waals surface area contributed by atoms with Crippen molar-refractivity contribution < 1.29 is 51.1 Å². The van der Waals surface area contributed by atoms with Crippen LogP contribution in [0.3, 0.4) is 0 Å². The number of carbonyl (C=O) groups is 1. The van der Waals surface area contributed by atoms with Gasteiger partial charge in [0.25, 0.3) is 0 Å². The zero-order chi connectivity index (χ0) is 35.8. The van der Waals surface area contributed by atoms with Crippen molar-refractivity contribution in [1.82, 2.24) is 14.5 Å². The molecule has 0 unspecified atom stereocenters. The Kier molecular flexibility index (Phi) is 10.0. The van der Waals surface area contributed by atoms with Gasteiger partial charge in [0.15, 0.2) is 0 Å².